The molecule has 0 aliphatic carbocycles. The maximum atomic E-state index is 12.6. The van der Waals surface area contributed by atoms with E-state index in [9.17, 15) is 9.59 Å². The first-order valence-corrected chi connectivity index (χ1v) is 7.78. The van der Waals surface area contributed by atoms with E-state index in [1.165, 1.54) is 11.3 Å². The lowest BCUT2D eigenvalue weighted by Crippen LogP contribution is -2.33. The zero-order valence-electron chi connectivity index (χ0n) is 12.3. The van der Waals surface area contributed by atoms with Crippen molar-refractivity contribution in [3.8, 4) is 0 Å². The van der Waals surface area contributed by atoms with E-state index in [0.29, 0.717) is 18.1 Å². The van der Waals surface area contributed by atoms with Crippen LogP contribution in [-0.2, 0) is 4.74 Å². The standard InChI is InChI=1S/C14H22N2O3S/c1-4-7-16(8-5-2)13(17)11-10(9-20-12(11)15)14(18)19-6-3/h9H,4-8,15H2,1-3H3. The third-order valence-electron chi connectivity index (χ3n) is 2.80. The van der Waals surface area contributed by atoms with Gasteiger partial charge in [0.1, 0.15) is 0 Å². The van der Waals surface area contributed by atoms with E-state index in [1.807, 2.05) is 13.8 Å². The summed E-state index contributed by atoms with van der Waals surface area (Å²) in [4.78, 5) is 26.2. The summed E-state index contributed by atoms with van der Waals surface area (Å²) in [5, 5.41) is 1.96. The van der Waals surface area contributed by atoms with Crippen LogP contribution in [0.5, 0.6) is 0 Å². The molecule has 0 atom stereocenters. The number of nitrogens with zero attached hydrogens (tertiary/aromatic N) is 1. The van der Waals surface area contributed by atoms with Crippen LogP contribution in [0.25, 0.3) is 0 Å². The van der Waals surface area contributed by atoms with Gasteiger partial charge in [-0.15, -0.1) is 11.3 Å². The molecule has 0 aliphatic heterocycles. The molecule has 1 rings (SSSR count). The van der Waals surface area contributed by atoms with Crippen LogP contribution < -0.4 is 5.73 Å². The minimum absolute atomic E-state index is 0.185. The van der Waals surface area contributed by atoms with Crippen LogP contribution in [0.2, 0.25) is 0 Å². The molecule has 1 aromatic heterocycles. The van der Waals surface area contributed by atoms with Crippen molar-refractivity contribution < 1.29 is 14.3 Å². The highest BCUT2D eigenvalue weighted by Gasteiger charge is 2.26. The molecule has 1 amide bonds. The van der Waals surface area contributed by atoms with Gasteiger partial charge in [0.2, 0.25) is 0 Å². The largest absolute Gasteiger partial charge is 0.462 e. The fraction of sp³-hybridized carbons (Fsp3) is 0.571. The quantitative estimate of drug-likeness (QED) is 0.786. The first-order valence-electron chi connectivity index (χ1n) is 6.90. The molecule has 0 bridgehead atoms. The van der Waals surface area contributed by atoms with E-state index in [4.69, 9.17) is 10.5 Å². The van der Waals surface area contributed by atoms with E-state index < -0.39 is 5.97 Å². The number of carbonyl (C=O) groups is 2. The average molecular weight is 298 g/mol. The Bertz CT molecular complexity index is 465. The molecule has 5 nitrogen and oxygen atoms in total. The van der Waals surface area contributed by atoms with Crippen LogP contribution >= 0.6 is 11.3 Å². The Morgan fingerprint density at radius 2 is 1.85 bits per heavy atom. The lowest BCUT2D eigenvalue weighted by molar-refractivity contribution is 0.0519. The molecule has 0 aromatic carbocycles. The molecule has 112 valence electrons. The third kappa shape index (κ3) is 3.72. The van der Waals surface area contributed by atoms with Gasteiger partial charge in [-0.2, -0.15) is 0 Å². The number of nitrogen functional groups attached to an aromatic ring is 1. The van der Waals surface area contributed by atoms with Crippen molar-refractivity contribution in [1.82, 2.24) is 4.90 Å². The fourth-order valence-electron chi connectivity index (χ4n) is 1.97. The summed E-state index contributed by atoms with van der Waals surface area (Å²) in [5.74, 6) is -0.674. The Hall–Kier alpha value is -1.56. The predicted octanol–water partition coefficient (Wildman–Crippen LogP) is 2.77. The number of carbonyl (C=O) groups excluding carboxylic acids is 2. The van der Waals surface area contributed by atoms with E-state index in [1.54, 1.807) is 17.2 Å². The minimum Gasteiger partial charge on any atom is -0.462 e. The number of amides is 1. The second kappa shape index (κ2) is 7.89. The van der Waals surface area contributed by atoms with Gasteiger partial charge in [0.25, 0.3) is 5.91 Å². The Labute approximate surface area is 123 Å². The van der Waals surface area contributed by atoms with Crippen molar-refractivity contribution >= 4 is 28.2 Å². The van der Waals surface area contributed by atoms with Crippen LogP contribution in [0.3, 0.4) is 0 Å². The van der Waals surface area contributed by atoms with Crippen molar-refractivity contribution in [1.29, 1.82) is 0 Å². The van der Waals surface area contributed by atoms with Crippen LogP contribution in [0.15, 0.2) is 5.38 Å². The monoisotopic (exact) mass is 298 g/mol. The van der Waals surface area contributed by atoms with Crippen molar-refractivity contribution in [3.05, 3.63) is 16.5 Å². The first kappa shape index (κ1) is 16.5. The Balaban J connectivity index is 3.07. The van der Waals surface area contributed by atoms with Crippen LogP contribution in [0.4, 0.5) is 5.00 Å². The second-order valence-corrected chi connectivity index (χ2v) is 5.31. The van der Waals surface area contributed by atoms with Gasteiger partial charge in [-0.1, -0.05) is 13.8 Å². The molecular formula is C14H22N2O3S. The summed E-state index contributed by atoms with van der Waals surface area (Å²) < 4.78 is 4.97. The Kier molecular flexibility index (Phi) is 6.51. The van der Waals surface area contributed by atoms with Crippen LogP contribution in [0, 0.1) is 0 Å². The Morgan fingerprint density at radius 1 is 1.25 bits per heavy atom. The van der Waals surface area contributed by atoms with Crippen LogP contribution in [0.1, 0.15) is 54.3 Å². The highest BCUT2D eigenvalue weighted by Crippen LogP contribution is 2.27. The number of rotatable bonds is 7. The highest BCUT2D eigenvalue weighted by atomic mass is 32.1. The third-order valence-corrected chi connectivity index (χ3v) is 3.61. The van der Waals surface area contributed by atoms with Crippen molar-refractivity contribution in [2.45, 2.75) is 33.6 Å². The normalized spacial score (nSPS) is 10.3. The molecule has 0 fully saturated rings. The zero-order valence-corrected chi connectivity index (χ0v) is 13.1. The molecule has 0 saturated carbocycles. The number of hydrogen-bond donors (Lipinski definition) is 1. The molecule has 0 radical (unpaired) electrons. The maximum absolute atomic E-state index is 12.6. The molecule has 1 heterocycles. The second-order valence-electron chi connectivity index (χ2n) is 4.40. The molecular weight excluding hydrogens is 276 g/mol. The highest BCUT2D eigenvalue weighted by molar-refractivity contribution is 7.14. The summed E-state index contributed by atoms with van der Waals surface area (Å²) in [6.07, 6.45) is 1.73. The summed E-state index contributed by atoms with van der Waals surface area (Å²) in [6.45, 7) is 7.35. The van der Waals surface area contributed by atoms with Crippen molar-refractivity contribution in [2.24, 2.45) is 0 Å². The van der Waals surface area contributed by atoms with Gasteiger partial charge in [-0.05, 0) is 19.8 Å². The fourth-order valence-corrected chi connectivity index (χ4v) is 2.74. The number of anilines is 1. The molecule has 0 saturated heterocycles. The summed E-state index contributed by atoms with van der Waals surface area (Å²) >= 11 is 1.20. The molecule has 0 aliphatic rings. The lowest BCUT2D eigenvalue weighted by Gasteiger charge is -2.21. The molecule has 2 N–H and O–H groups in total. The van der Waals surface area contributed by atoms with E-state index in [0.717, 1.165) is 12.8 Å². The van der Waals surface area contributed by atoms with E-state index in [2.05, 4.69) is 0 Å². The SMILES string of the molecule is CCCN(CCC)C(=O)c1c(C(=O)OCC)csc1N. The summed E-state index contributed by atoms with van der Waals surface area (Å²) in [7, 11) is 0. The number of esters is 1. The molecule has 0 spiro atoms. The summed E-state index contributed by atoms with van der Waals surface area (Å²) in [5.41, 5.74) is 6.43. The van der Waals surface area contributed by atoms with Gasteiger partial charge in [-0.3, -0.25) is 4.79 Å². The Morgan fingerprint density at radius 3 is 2.35 bits per heavy atom. The van der Waals surface area contributed by atoms with Crippen molar-refractivity contribution in [2.75, 3.05) is 25.4 Å². The molecule has 1 aromatic rings. The maximum Gasteiger partial charge on any atom is 0.339 e. The zero-order chi connectivity index (χ0) is 15.1. The average Bonchev–Trinajstić information content (AvgIpc) is 2.80. The topological polar surface area (TPSA) is 72.6 Å². The van der Waals surface area contributed by atoms with Gasteiger partial charge in [0.15, 0.2) is 0 Å². The van der Waals surface area contributed by atoms with E-state index in [-0.39, 0.29) is 23.6 Å². The smallest absolute Gasteiger partial charge is 0.339 e. The predicted molar refractivity (Wildman–Crippen MR) is 81.2 cm³/mol. The number of nitrogens with two attached hydrogens (primary N) is 1. The van der Waals surface area contributed by atoms with Gasteiger partial charge in [-0.25, -0.2) is 4.79 Å². The lowest BCUT2D eigenvalue weighted by atomic mass is 10.1. The van der Waals surface area contributed by atoms with Gasteiger partial charge in [0.05, 0.1) is 22.7 Å². The number of thiophene rings is 1. The molecule has 0 unspecified atom stereocenters. The van der Waals surface area contributed by atoms with Gasteiger partial charge < -0.3 is 15.4 Å². The van der Waals surface area contributed by atoms with Crippen LogP contribution in [-0.4, -0.2) is 36.5 Å². The molecule has 6 heteroatoms. The van der Waals surface area contributed by atoms with Crippen molar-refractivity contribution in [3.63, 3.8) is 0 Å². The number of hydrogen-bond acceptors (Lipinski definition) is 5. The van der Waals surface area contributed by atoms with Gasteiger partial charge >= 0.3 is 5.97 Å². The summed E-state index contributed by atoms with van der Waals surface area (Å²) in [6, 6.07) is 0. The van der Waals surface area contributed by atoms with E-state index >= 15 is 0 Å². The first-order chi connectivity index (χ1) is 9.56. The number of ether oxygens (including phenoxy) is 1. The molecule has 20 heavy (non-hydrogen) atoms. The minimum atomic E-state index is -0.489. The van der Waals surface area contributed by atoms with Gasteiger partial charge in [0, 0.05) is 18.5 Å².